The molecule has 1 aliphatic rings. The minimum Gasteiger partial charge on any atom is -0.388 e. The summed E-state index contributed by atoms with van der Waals surface area (Å²) in [5, 5.41) is 18.7. The fourth-order valence-electron chi connectivity index (χ4n) is 1.86. The summed E-state index contributed by atoms with van der Waals surface area (Å²) in [6.07, 6.45) is 0.773. The number of hydrogen-bond acceptors (Lipinski definition) is 3. The molecule has 1 aromatic carbocycles. The molecule has 1 fully saturated rings. The highest BCUT2D eigenvalue weighted by molar-refractivity contribution is 9.10. The van der Waals surface area contributed by atoms with Gasteiger partial charge in [0.1, 0.15) is 5.82 Å². The molecule has 2 atom stereocenters. The van der Waals surface area contributed by atoms with Crippen LogP contribution in [0.5, 0.6) is 0 Å². The molecule has 19 heavy (non-hydrogen) atoms. The molecule has 6 heteroatoms. The molecule has 1 saturated heterocycles. The average molecular weight is 330 g/mol. The number of β-amino-alcohol motifs (C(OH)–C–C–N with tert-alkyl or cyclic N) is 2. The van der Waals surface area contributed by atoms with Crippen molar-refractivity contribution in [3.8, 4) is 0 Å². The summed E-state index contributed by atoms with van der Waals surface area (Å²) in [5.41, 5.74) is 0.294. The van der Waals surface area contributed by atoms with Crippen molar-refractivity contribution >= 4 is 27.9 Å². The predicted molar refractivity (Wildman–Crippen MR) is 71.7 cm³/mol. The van der Waals surface area contributed by atoms with E-state index >= 15 is 0 Å². The molecule has 2 rings (SSSR count). The Hall–Kier alpha value is -1.24. The third-order valence-electron chi connectivity index (χ3n) is 2.93. The molecule has 0 radical (unpaired) electrons. The largest absolute Gasteiger partial charge is 0.388 e. The third-order valence-corrected chi connectivity index (χ3v) is 3.43. The Labute approximate surface area is 118 Å². The zero-order valence-corrected chi connectivity index (χ0v) is 11.5. The molecule has 0 spiro atoms. The van der Waals surface area contributed by atoms with Gasteiger partial charge < -0.3 is 15.1 Å². The molecular weight excluding hydrogens is 317 g/mol. The monoisotopic (exact) mass is 329 g/mol. The molecule has 2 N–H and O–H groups in total. The summed E-state index contributed by atoms with van der Waals surface area (Å²) < 4.78 is 14.2. The highest BCUT2D eigenvalue weighted by Gasteiger charge is 2.31. The van der Waals surface area contributed by atoms with Gasteiger partial charge in [-0.2, -0.15) is 0 Å². The standard InChI is InChI=1S/C13H13BrFNO3/c14-9-2-3-10(15)8(5-9)1-4-13(19)16-6-11(17)12(18)7-16/h1-5,11-12,17-18H,6-7H2/b4-1+. The SMILES string of the molecule is O=C(/C=C/c1cc(Br)ccc1F)N1CC(O)C(O)C1. The summed E-state index contributed by atoms with van der Waals surface area (Å²) >= 11 is 3.22. The fourth-order valence-corrected chi connectivity index (χ4v) is 2.24. The van der Waals surface area contributed by atoms with Crippen molar-refractivity contribution in [3.05, 3.63) is 40.1 Å². The van der Waals surface area contributed by atoms with Gasteiger partial charge in [-0.1, -0.05) is 15.9 Å². The molecule has 4 nitrogen and oxygen atoms in total. The van der Waals surface area contributed by atoms with Crippen LogP contribution in [-0.2, 0) is 4.79 Å². The quantitative estimate of drug-likeness (QED) is 0.800. The maximum atomic E-state index is 13.4. The van der Waals surface area contributed by atoms with Crippen molar-refractivity contribution in [2.24, 2.45) is 0 Å². The maximum Gasteiger partial charge on any atom is 0.246 e. The van der Waals surface area contributed by atoms with E-state index in [0.717, 1.165) is 0 Å². The topological polar surface area (TPSA) is 60.8 Å². The number of likely N-dealkylation sites (tertiary alicyclic amines) is 1. The van der Waals surface area contributed by atoms with Crippen molar-refractivity contribution in [1.29, 1.82) is 0 Å². The van der Waals surface area contributed by atoms with Crippen LogP contribution in [0, 0.1) is 5.82 Å². The van der Waals surface area contributed by atoms with Crippen molar-refractivity contribution in [2.45, 2.75) is 12.2 Å². The van der Waals surface area contributed by atoms with E-state index in [2.05, 4.69) is 15.9 Å². The van der Waals surface area contributed by atoms with E-state index in [1.165, 1.54) is 23.1 Å². The molecule has 0 saturated carbocycles. The number of halogens is 2. The number of carbonyl (C=O) groups is 1. The molecule has 102 valence electrons. The van der Waals surface area contributed by atoms with Crippen LogP contribution in [0.2, 0.25) is 0 Å². The first-order valence-corrected chi connectivity index (χ1v) is 6.55. The normalized spacial score (nSPS) is 23.3. The number of amides is 1. The van der Waals surface area contributed by atoms with Gasteiger partial charge in [-0.25, -0.2) is 4.39 Å². The number of nitrogens with zero attached hydrogens (tertiary/aromatic N) is 1. The molecule has 1 aromatic rings. The highest BCUT2D eigenvalue weighted by atomic mass is 79.9. The summed E-state index contributed by atoms with van der Waals surface area (Å²) in [6, 6.07) is 4.44. The first-order chi connectivity index (χ1) is 8.97. The lowest BCUT2D eigenvalue weighted by Crippen LogP contribution is -2.27. The maximum absolute atomic E-state index is 13.4. The first-order valence-electron chi connectivity index (χ1n) is 5.75. The lowest BCUT2D eigenvalue weighted by Gasteiger charge is -2.12. The van der Waals surface area contributed by atoms with Crippen LogP contribution >= 0.6 is 15.9 Å². The van der Waals surface area contributed by atoms with Gasteiger partial charge in [-0.15, -0.1) is 0 Å². The van der Waals surface area contributed by atoms with Gasteiger partial charge >= 0.3 is 0 Å². The second kappa shape index (κ2) is 5.81. The van der Waals surface area contributed by atoms with Crippen LogP contribution in [0.3, 0.4) is 0 Å². The summed E-state index contributed by atoms with van der Waals surface area (Å²) in [6.45, 7) is 0.177. The number of hydrogen-bond donors (Lipinski definition) is 2. The molecule has 2 unspecified atom stereocenters. The van der Waals surface area contributed by atoms with Gasteiger partial charge in [0, 0.05) is 29.2 Å². The van der Waals surface area contributed by atoms with E-state index in [4.69, 9.17) is 0 Å². The van der Waals surface area contributed by atoms with Crippen molar-refractivity contribution < 1.29 is 19.4 Å². The van der Waals surface area contributed by atoms with E-state index in [-0.39, 0.29) is 19.0 Å². The summed E-state index contributed by atoms with van der Waals surface area (Å²) in [5.74, 6) is -0.788. The zero-order valence-electron chi connectivity index (χ0n) is 9.96. The molecule has 1 amide bonds. The molecule has 0 aliphatic carbocycles. The van der Waals surface area contributed by atoms with Gasteiger partial charge in [0.2, 0.25) is 5.91 Å². The number of rotatable bonds is 2. The van der Waals surface area contributed by atoms with E-state index < -0.39 is 18.0 Å². The van der Waals surface area contributed by atoms with Crippen LogP contribution in [0.1, 0.15) is 5.56 Å². The number of aliphatic hydroxyl groups excluding tert-OH is 2. The second-order valence-corrected chi connectivity index (χ2v) is 5.29. The third kappa shape index (κ3) is 3.40. The number of benzene rings is 1. The minimum absolute atomic E-state index is 0.0886. The second-order valence-electron chi connectivity index (χ2n) is 4.38. The summed E-state index contributed by atoms with van der Waals surface area (Å²) in [4.78, 5) is 13.1. The highest BCUT2D eigenvalue weighted by Crippen LogP contribution is 2.17. The first kappa shape index (κ1) is 14.2. The van der Waals surface area contributed by atoms with Gasteiger partial charge in [0.25, 0.3) is 0 Å². The molecule has 1 aliphatic heterocycles. The van der Waals surface area contributed by atoms with Crippen molar-refractivity contribution in [2.75, 3.05) is 13.1 Å². The minimum atomic E-state index is -0.917. The van der Waals surface area contributed by atoms with Crippen LogP contribution in [-0.4, -0.2) is 46.3 Å². The van der Waals surface area contributed by atoms with Crippen molar-refractivity contribution in [1.82, 2.24) is 4.90 Å². The van der Waals surface area contributed by atoms with E-state index in [0.29, 0.717) is 10.0 Å². The molecule has 0 aromatic heterocycles. The number of aliphatic hydroxyl groups is 2. The van der Waals surface area contributed by atoms with Crippen LogP contribution in [0.15, 0.2) is 28.7 Å². The van der Waals surface area contributed by atoms with Gasteiger partial charge in [0.05, 0.1) is 12.2 Å². The predicted octanol–water partition coefficient (Wildman–Crippen LogP) is 1.17. The molecular formula is C13H13BrFNO3. The summed E-state index contributed by atoms with van der Waals surface area (Å²) in [7, 11) is 0. The van der Waals surface area contributed by atoms with Gasteiger partial charge in [-0.05, 0) is 24.3 Å². The lowest BCUT2D eigenvalue weighted by molar-refractivity contribution is -0.125. The van der Waals surface area contributed by atoms with Crippen molar-refractivity contribution in [3.63, 3.8) is 0 Å². The van der Waals surface area contributed by atoms with Gasteiger partial charge in [0.15, 0.2) is 0 Å². The Balaban J connectivity index is 2.06. The Kier molecular flexibility index (Phi) is 4.34. The van der Waals surface area contributed by atoms with Crippen LogP contribution < -0.4 is 0 Å². The zero-order chi connectivity index (χ0) is 14.0. The van der Waals surface area contributed by atoms with Crippen LogP contribution in [0.25, 0.3) is 6.08 Å². The van der Waals surface area contributed by atoms with Crippen LogP contribution in [0.4, 0.5) is 4.39 Å². The Morgan fingerprint density at radius 3 is 2.63 bits per heavy atom. The van der Waals surface area contributed by atoms with E-state index in [1.54, 1.807) is 12.1 Å². The number of carbonyl (C=O) groups excluding carboxylic acids is 1. The van der Waals surface area contributed by atoms with E-state index in [9.17, 15) is 19.4 Å². The Morgan fingerprint density at radius 1 is 1.37 bits per heavy atom. The lowest BCUT2D eigenvalue weighted by atomic mass is 10.2. The molecule has 0 bridgehead atoms. The Morgan fingerprint density at radius 2 is 2.00 bits per heavy atom. The van der Waals surface area contributed by atoms with Gasteiger partial charge in [-0.3, -0.25) is 4.79 Å². The average Bonchev–Trinajstić information content (AvgIpc) is 2.70. The molecule has 1 heterocycles. The van der Waals surface area contributed by atoms with E-state index in [1.807, 2.05) is 0 Å². The smallest absolute Gasteiger partial charge is 0.246 e. The Bertz CT molecular complexity index is 511. The fraction of sp³-hybridized carbons (Fsp3) is 0.308.